The van der Waals surface area contributed by atoms with Gasteiger partial charge in [-0.15, -0.1) is 0 Å². The van der Waals surface area contributed by atoms with Crippen molar-refractivity contribution in [3.05, 3.63) is 83.9 Å². The number of fused-ring (bicyclic) bond motifs is 1. The smallest absolute Gasteiger partial charge is 0.263 e. The minimum atomic E-state index is -0.857. The lowest BCUT2D eigenvalue weighted by molar-refractivity contribution is -0.118. The number of hydrogen-bond donors (Lipinski definition) is 2. The van der Waals surface area contributed by atoms with Gasteiger partial charge in [0.2, 0.25) is 6.23 Å². The highest BCUT2D eigenvalue weighted by Gasteiger charge is 2.52. The highest BCUT2D eigenvalue weighted by atomic mass is 19.1. The number of nitrogens with zero attached hydrogens (tertiary/aromatic N) is 2. The Morgan fingerprint density at radius 2 is 1.94 bits per heavy atom. The Morgan fingerprint density at radius 1 is 1.15 bits per heavy atom. The molecular formula is C25H23FN3O4+. The molecule has 2 heterocycles. The SMILES string of the molecule is Cc1cc(NC(=O)COc2ccc(C(O)[N+]3(c4cccc(F)c4)CC3)c3ccccc23)no1. The molecule has 1 aliphatic rings. The van der Waals surface area contributed by atoms with Crippen LogP contribution in [0.25, 0.3) is 10.8 Å². The van der Waals surface area contributed by atoms with Gasteiger partial charge in [-0.25, -0.2) is 4.39 Å². The summed E-state index contributed by atoms with van der Waals surface area (Å²) in [6.45, 7) is 2.97. The first-order chi connectivity index (χ1) is 16.0. The number of carbonyl (C=O) groups excluding carboxylic acids is 1. The van der Waals surface area contributed by atoms with Crippen LogP contribution in [0.2, 0.25) is 0 Å². The van der Waals surface area contributed by atoms with Gasteiger partial charge in [0, 0.05) is 23.1 Å². The number of halogens is 1. The number of rotatable bonds is 7. The number of amides is 1. The van der Waals surface area contributed by atoms with Gasteiger partial charge in [0.05, 0.1) is 0 Å². The topological polar surface area (TPSA) is 84.6 Å². The van der Waals surface area contributed by atoms with Crippen LogP contribution in [-0.2, 0) is 4.79 Å². The van der Waals surface area contributed by atoms with E-state index in [0.717, 1.165) is 35.1 Å². The second-order valence-corrected chi connectivity index (χ2v) is 8.19. The van der Waals surface area contributed by atoms with Crippen LogP contribution in [-0.4, -0.2) is 35.9 Å². The van der Waals surface area contributed by atoms with Gasteiger partial charge < -0.3 is 19.7 Å². The Bertz CT molecular complexity index is 1330. The Labute approximate surface area is 189 Å². The van der Waals surface area contributed by atoms with Gasteiger partial charge in [0.25, 0.3) is 5.91 Å². The molecule has 1 unspecified atom stereocenters. The minimum absolute atomic E-state index is 0.207. The molecule has 0 bridgehead atoms. The largest absolute Gasteiger partial charge is 0.483 e. The van der Waals surface area contributed by atoms with E-state index in [0.29, 0.717) is 17.3 Å². The highest BCUT2D eigenvalue weighted by molar-refractivity contribution is 5.93. The molecule has 4 aromatic rings. The number of aliphatic hydroxyl groups excluding tert-OH is 1. The first kappa shape index (κ1) is 21.1. The third-order valence-corrected chi connectivity index (χ3v) is 5.95. The zero-order chi connectivity index (χ0) is 23.0. The summed E-state index contributed by atoms with van der Waals surface area (Å²) in [4.78, 5) is 12.2. The standard InChI is InChI=1S/C25H22FN3O4/c1-16-13-23(28-33-16)27-24(30)15-32-22-10-9-21(19-7-2-3-8-20(19)22)25(31)29(11-12-29)18-6-4-5-17(26)14-18/h2-10,13-14,25,31H,11-12,15H2,1H3/p+1. The van der Waals surface area contributed by atoms with E-state index in [1.165, 1.54) is 12.1 Å². The van der Waals surface area contributed by atoms with Crippen LogP contribution >= 0.6 is 0 Å². The van der Waals surface area contributed by atoms with Crippen molar-refractivity contribution in [3.8, 4) is 5.75 Å². The Kier molecular flexibility index (Phi) is 5.32. The average molecular weight is 448 g/mol. The maximum atomic E-state index is 13.8. The van der Waals surface area contributed by atoms with Crippen LogP contribution in [0.15, 0.2) is 71.3 Å². The van der Waals surface area contributed by atoms with Crippen molar-refractivity contribution in [1.29, 1.82) is 0 Å². The number of carbonyl (C=O) groups is 1. The lowest BCUT2D eigenvalue weighted by Gasteiger charge is -2.25. The molecule has 2 N–H and O–H groups in total. The van der Waals surface area contributed by atoms with Crippen LogP contribution in [0.1, 0.15) is 17.6 Å². The highest BCUT2D eigenvalue weighted by Crippen LogP contribution is 2.44. The molecule has 1 amide bonds. The van der Waals surface area contributed by atoms with E-state index in [1.807, 2.05) is 30.3 Å². The lowest BCUT2D eigenvalue weighted by atomic mass is 10.0. The van der Waals surface area contributed by atoms with Crippen LogP contribution in [0, 0.1) is 12.7 Å². The molecule has 0 saturated carbocycles. The van der Waals surface area contributed by atoms with Crippen molar-refractivity contribution in [2.45, 2.75) is 13.2 Å². The molecule has 8 heteroatoms. The van der Waals surface area contributed by atoms with E-state index < -0.39 is 6.23 Å². The number of hydrogen-bond acceptors (Lipinski definition) is 5. The van der Waals surface area contributed by atoms with E-state index in [2.05, 4.69) is 10.5 Å². The van der Waals surface area contributed by atoms with Crippen molar-refractivity contribution in [1.82, 2.24) is 9.64 Å². The molecule has 5 rings (SSSR count). The molecule has 7 nitrogen and oxygen atoms in total. The third kappa shape index (κ3) is 4.06. The fourth-order valence-electron chi connectivity index (χ4n) is 4.16. The minimum Gasteiger partial charge on any atom is -0.483 e. The van der Waals surface area contributed by atoms with Gasteiger partial charge in [0.15, 0.2) is 12.4 Å². The van der Waals surface area contributed by atoms with E-state index in [4.69, 9.17) is 9.26 Å². The number of nitrogens with one attached hydrogen (secondary N) is 1. The number of quaternary nitrogens is 1. The summed E-state index contributed by atoms with van der Waals surface area (Å²) >= 11 is 0. The molecule has 0 radical (unpaired) electrons. The predicted octanol–water partition coefficient (Wildman–Crippen LogP) is 4.30. The summed E-state index contributed by atoms with van der Waals surface area (Å²) in [6.07, 6.45) is -0.857. The molecule has 1 saturated heterocycles. The number of benzene rings is 3. The molecular weight excluding hydrogens is 425 g/mol. The van der Waals surface area contributed by atoms with Gasteiger partial charge in [-0.1, -0.05) is 35.5 Å². The van der Waals surface area contributed by atoms with E-state index in [9.17, 15) is 14.3 Å². The van der Waals surface area contributed by atoms with E-state index in [-0.39, 0.29) is 22.8 Å². The van der Waals surface area contributed by atoms with E-state index in [1.54, 1.807) is 31.2 Å². The maximum Gasteiger partial charge on any atom is 0.263 e. The van der Waals surface area contributed by atoms with Crippen LogP contribution in [0.3, 0.4) is 0 Å². The van der Waals surface area contributed by atoms with Crippen molar-refractivity contribution in [2.24, 2.45) is 0 Å². The zero-order valence-corrected chi connectivity index (χ0v) is 18.0. The summed E-state index contributed by atoms with van der Waals surface area (Å²) in [5.74, 6) is 0.759. The van der Waals surface area contributed by atoms with Crippen molar-refractivity contribution in [2.75, 3.05) is 25.0 Å². The first-order valence-electron chi connectivity index (χ1n) is 10.6. The molecule has 1 aliphatic heterocycles. The Hall–Kier alpha value is -3.75. The quantitative estimate of drug-likeness (QED) is 0.325. The molecule has 168 valence electrons. The number of aryl methyl sites for hydroxylation is 1. The first-order valence-corrected chi connectivity index (χ1v) is 10.6. The van der Waals surface area contributed by atoms with Crippen LogP contribution in [0.4, 0.5) is 15.9 Å². The van der Waals surface area contributed by atoms with Gasteiger partial charge in [-0.05, 0) is 36.6 Å². The molecule has 0 spiro atoms. The molecule has 33 heavy (non-hydrogen) atoms. The fourth-order valence-corrected chi connectivity index (χ4v) is 4.16. The fraction of sp³-hybridized carbons (Fsp3) is 0.200. The van der Waals surface area contributed by atoms with Crippen molar-refractivity contribution in [3.63, 3.8) is 0 Å². The summed E-state index contributed by atoms with van der Waals surface area (Å²) in [5, 5.41) is 19.3. The summed E-state index contributed by atoms with van der Waals surface area (Å²) < 4.78 is 24.8. The summed E-state index contributed by atoms with van der Waals surface area (Å²) in [6, 6.07) is 19.1. The lowest BCUT2D eigenvalue weighted by Crippen LogP contribution is -2.32. The summed E-state index contributed by atoms with van der Waals surface area (Å²) in [7, 11) is 0. The number of ether oxygens (including phenoxy) is 1. The molecule has 1 aromatic heterocycles. The van der Waals surface area contributed by atoms with Gasteiger partial charge >= 0.3 is 0 Å². The van der Waals surface area contributed by atoms with Gasteiger partial charge in [0.1, 0.15) is 36.1 Å². The van der Waals surface area contributed by atoms with Gasteiger partial charge in [-0.2, -0.15) is 0 Å². The zero-order valence-electron chi connectivity index (χ0n) is 18.0. The second-order valence-electron chi connectivity index (χ2n) is 8.19. The summed E-state index contributed by atoms with van der Waals surface area (Å²) in [5.41, 5.74) is 1.47. The average Bonchev–Trinajstić information content (AvgIpc) is 3.53. The van der Waals surface area contributed by atoms with Crippen molar-refractivity contribution >= 4 is 28.2 Å². The maximum absolute atomic E-state index is 13.8. The number of aromatic nitrogens is 1. The second kappa shape index (κ2) is 8.31. The van der Waals surface area contributed by atoms with E-state index >= 15 is 0 Å². The third-order valence-electron chi connectivity index (χ3n) is 5.95. The molecule has 1 fully saturated rings. The predicted molar refractivity (Wildman–Crippen MR) is 122 cm³/mol. The van der Waals surface area contributed by atoms with Crippen LogP contribution in [0.5, 0.6) is 5.75 Å². The van der Waals surface area contributed by atoms with Crippen molar-refractivity contribution < 1.29 is 23.6 Å². The molecule has 0 aliphatic carbocycles. The normalized spacial score (nSPS) is 15.2. The number of aliphatic hydroxyl groups is 1. The van der Waals surface area contributed by atoms with Crippen LogP contribution < -0.4 is 14.5 Å². The number of anilines is 1. The Morgan fingerprint density at radius 3 is 2.64 bits per heavy atom. The monoisotopic (exact) mass is 448 g/mol. The van der Waals surface area contributed by atoms with Gasteiger partial charge in [-0.3, -0.25) is 9.28 Å². The molecule has 1 atom stereocenters. The Balaban J connectivity index is 1.40. The molecule has 3 aromatic carbocycles.